The van der Waals surface area contributed by atoms with Crippen molar-refractivity contribution in [3.63, 3.8) is 0 Å². The van der Waals surface area contributed by atoms with Gasteiger partial charge in [0.05, 0.1) is 16.8 Å². The lowest BCUT2D eigenvalue weighted by atomic mass is 10.1. The maximum Gasteiger partial charge on any atom is 0.166 e. The van der Waals surface area contributed by atoms with Crippen LogP contribution >= 0.6 is 11.3 Å². The van der Waals surface area contributed by atoms with Crippen LogP contribution in [0.4, 0.5) is 4.39 Å². The molecule has 3 nitrogen and oxygen atoms in total. The molecule has 1 N–H and O–H groups in total. The largest absolute Gasteiger partial charge is 0.388 e. The standard InChI is InChI=1S/C11H14FNO2S/c1-7(11(15)4-10(14)5-12)3-9-6-16-8(2)13-9/h3,6,11,15H,4-5H2,1-2H3/b7-3+/t11-/m1/s1. The molecule has 0 aromatic carbocycles. The Hall–Kier alpha value is -1.07. The van der Waals surface area contributed by atoms with Gasteiger partial charge in [-0.15, -0.1) is 11.3 Å². The quantitative estimate of drug-likeness (QED) is 0.862. The molecule has 16 heavy (non-hydrogen) atoms. The number of hydrogen-bond donors (Lipinski definition) is 1. The second kappa shape index (κ2) is 5.86. The zero-order valence-electron chi connectivity index (χ0n) is 9.24. The van der Waals surface area contributed by atoms with Crippen LogP contribution in [0.15, 0.2) is 11.0 Å². The van der Waals surface area contributed by atoms with E-state index in [-0.39, 0.29) is 6.42 Å². The average Bonchev–Trinajstić information content (AvgIpc) is 2.63. The number of rotatable bonds is 5. The van der Waals surface area contributed by atoms with Crippen molar-refractivity contribution >= 4 is 23.2 Å². The molecule has 0 spiro atoms. The second-order valence-corrected chi connectivity index (χ2v) is 4.63. The molecule has 0 aliphatic carbocycles. The van der Waals surface area contributed by atoms with Crippen molar-refractivity contribution in [3.8, 4) is 0 Å². The molecule has 1 aromatic rings. The van der Waals surface area contributed by atoms with Gasteiger partial charge in [-0.1, -0.05) is 0 Å². The Kier molecular flexibility index (Phi) is 4.76. The van der Waals surface area contributed by atoms with Crippen LogP contribution in [0.3, 0.4) is 0 Å². The molecule has 0 aliphatic heterocycles. The number of halogens is 1. The first-order valence-electron chi connectivity index (χ1n) is 4.89. The van der Waals surface area contributed by atoms with Crippen LogP contribution in [-0.4, -0.2) is 28.7 Å². The number of ketones is 1. The summed E-state index contributed by atoms with van der Waals surface area (Å²) >= 11 is 1.51. The molecule has 0 saturated carbocycles. The number of aliphatic hydroxyl groups is 1. The summed E-state index contributed by atoms with van der Waals surface area (Å²) in [4.78, 5) is 15.0. The molecule has 1 rings (SSSR count). The van der Waals surface area contributed by atoms with Crippen LogP contribution in [0.25, 0.3) is 6.08 Å². The Morgan fingerprint density at radius 1 is 1.75 bits per heavy atom. The van der Waals surface area contributed by atoms with E-state index in [4.69, 9.17) is 0 Å². The van der Waals surface area contributed by atoms with E-state index in [1.807, 2.05) is 12.3 Å². The second-order valence-electron chi connectivity index (χ2n) is 3.57. The van der Waals surface area contributed by atoms with Crippen molar-refractivity contribution in [2.24, 2.45) is 0 Å². The Morgan fingerprint density at radius 3 is 2.94 bits per heavy atom. The van der Waals surface area contributed by atoms with Crippen LogP contribution in [0.1, 0.15) is 24.0 Å². The smallest absolute Gasteiger partial charge is 0.166 e. The zero-order chi connectivity index (χ0) is 12.1. The first-order chi connectivity index (χ1) is 7.52. The predicted molar refractivity (Wildman–Crippen MR) is 62.1 cm³/mol. The fraction of sp³-hybridized carbons (Fsp3) is 0.455. The molecule has 0 aliphatic rings. The van der Waals surface area contributed by atoms with Crippen LogP contribution in [0, 0.1) is 6.92 Å². The first kappa shape index (κ1) is 13.0. The average molecular weight is 243 g/mol. The highest BCUT2D eigenvalue weighted by molar-refractivity contribution is 7.09. The van der Waals surface area contributed by atoms with Crippen molar-refractivity contribution in [2.45, 2.75) is 26.4 Å². The highest BCUT2D eigenvalue weighted by Crippen LogP contribution is 2.14. The summed E-state index contributed by atoms with van der Waals surface area (Å²) in [6, 6.07) is 0. The van der Waals surface area contributed by atoms with Gasteiger partial charge in [-0.3, -0.25) is 4.79 Å². The number of alkyl halides is 1. The van der Waals surface area contributed by atoms with E-state index in [0.717, 1.165) is 10.7 Å². The Bertz CT molecular complexity index is 400. The lowest BCUT2D eigenvalue weighted by molar-refractivity contribution is -0.121. The molecular formula is C11H14FNO2S. The third-order valence-electron chi connectivity index (χ3n) is 2.11. The van der Waals surface area contributed by atoms with Gasteiger partial charge in [0, 0.05) is 11.8 Å². The maximum absolute atomic E-state index is 11.9. The van der Waals surface area contributed by atoms with Gasteiger partial charge in [0.2, 0.25) is 0 Å². The number of nitrogens with zero attached hydrogens (tertiary/aromatic N) is 1. The van der Waals surface area contributed by atoms with Crippen LogP contribution in [-0.2, 0) is 4.79 Å². The van der Waals surface area contributed by atoms with Crippen molar-refractivity contribution < 1.29 is 14.3 Å². The van der Waals surface area contributed by atoms with Crippen LogP contribution < -0.4 is 0 Å². The number of aromatic nitrogens is 1. The molecule has 0 bridgehead atoms. The topological polar surface area (TPSA) is 50.2 Å². The maximum atomic E-state index is 11.9. The lowest BCUT2D eigenvalue weighted by Crippen LogP contribution is -2.15. The van der Waals surface area contributed by atoms with E-state index < -0.39 is 18.6 Å². The third-order valence-corrected chi connectivity index (χ3v) is 2.90. The monoisotopic (exact) mass is 243 g/mol. The van der Waals surface area contributed by atoms with E-state index in [1.54, 1.807) is 13.0 Å². The van der Waals surface area contributed by atoms with E-state index in [0.29, 0.717) is 5.57 Å². The molecule has 0 unspecified atom stereocenters. The SMILES string of the molecule is C/C(=C\c1csc(C)n1)[C@H](O)CC(=O)CF. The molecule has 1 aromatic heterocycles. The summed E-state index contributed by atoms with van der Waals surface area (Å²) in [7, 11) is 0. The normalized spacial score (nSPS) is 13.9. The minimum atomic E-state index is -1.03. The van der Waals surface area contributed by atoms with Gasteiger partial charge in [0.1, 0.15) is 6.67 Å². The summed E-state index contributed by atoms with van der Waals surface area (Å²) in [5.41, 5.74) is 1.37. The number of aliphatic hydroxyl groups excluding tert-OH is 1. The van der Waals surface area contributed by atoms with Crippen molar-refractivity contribution in [2.75, 3.05) is 6.67 Å². The predicted octanol–water partition coefficient (Wildman–Crippen LogP) is 2.14. The number of hydrogen-bond acceptors (Lipinski definition) is 4. The molecule has 88 valence electrons. The Labute approximate surface area is 97.6 Å². The molecule has 1 atom stereocenters. The Morgan fingerprint density at radius 2 is 2.44 bits per heavy atom. The molecule has 0 fully saturated rings. The summed E-state index contributed by atoms with van der Waals surface area (Å²) in [5, 5.41) is 12.4. The summed E-state index contributed by atoms with van der Waals surface area (Å²) < 4.78 is 11.9. The summed E-state index contributed by atoms with van der Waals surface area (Å²) in [5.74, 6) is -0.588. The first-order valence-corrected chi connectivity index (χ1v) is 5.77. The molecule has 1 heterocycles. The molecular weight excluding hydrogens is 229 g/mol. The van der Waals surface area contributed by atoms with Crippen molar-refractivity contribution in [3.05, 3.63) is 21.7 Å². The highest BCUT2D eigenvalue weighted by Gasteiger charge is 2.12. The molecule has 0 saturated heterocycles. The highest BCUT2D eigenvalue weighted by atomic mass is 32.1. The van der Waals surface area contributed by atoms with E-state index in [1.165, 1.54) is 11.3 Å². The lowest BCUT2D eigenvalue weighted by Gasteiger charge is -2.08. The number of aryl methyl sites for hydroxylation is 1. The number of carbonyl (C=O) groups excluding carboxylic acids is 1. The van der Waals surface area contributed by atoms with Gasteiger partial charge >= 0.3 is 0 Å². The van der Waals surface area contributed by atoms with E-state index in [9.17, 15) is 14.3 Å². The fourth-order valence-electron chi connectivity index (χ4n) is 1.21. The van der Waals surface area contributed by atoms with Crippen molar-refractivity contribution in [1.29, 1.82) is 0 Å². The minimum Gasteiger partial charge on any atom is -0.388 e. The Balaban J connectivity index is 2.66. The van der Waals surface area contributed by atoms with Gasteiger partial charge < -0.3 is 5.11 Å². The minimum absolute atomic E-state index is 0.179. The number of Topliss-reactive ketones (excluding diaryl/α,β-unsaturated/α-hetero) is 1. The molecule has 0 radical (unpaired) electrons. The fourth-order valence-corrected chi connectivity index (χ4v) is 1.78. The van der Waals surface area contributed by atoms with Gasteiger partial charge in [-0.2, -0.15) is 0 Å². The number of thiazole rings is 1. The van der Waals surface area contributed by atoms with Gasteiger partial charge in [-0.05, 0) is 25.5 Å². The molecule has 0 amide bonds. The van der Waals surface area contributed by atoms with E-state index in [2.05, 4.69) is 4.98 Å². The zero-order valence-corrected chi connectivity index (χ0v) is 10.1. The van der Waals surface area contributed by atoms with Gasteiger partial charge in [0.25, 0.3) is 0 Å². The van der Waals surface area contributed by atoms with Gasteiger partial charge in [-0.25, -0.2) is 9.37 Å². The van der Waals surface area contributed by atoms with E-state index >= 15 is 0 Å². The van der Waals surface area contributed by atoms with Gasteiger partial charge in [0.15, 0.2) is 5.78 Å². The van der Waals surface area contributed by atoms with Crippen molar-refractivity contribution in [1.82, 2.24) is 4.98 Å². The van der Waals surface area contributed by atoms with Crippen LogP contribution in [0.5, 0.6) is 0 Å². The number of carbonyl (C=O) groups is 1. The summed E-state index contributed by atoms with van der Waals surface area (Å²) in [6.45, 7) is 2.56. The third kappa shape index (κ3) is 3.83. The molecule has 5 heteroatoms. The summed E-state index contributed by atoms with van der Waals surface area (Å²) in [6.07, 6.45) is 0.604. The van der Waals surface area contributed by atoms with Crippen LogP contribution in [0.2, 0.25) is 0 Å².